The van der Waals surface area contributed by atoms with Crippen LogP contribution in [0.15, 0.2) is 41.5 Å². The van der Waals surface area contributed by atoms with Gasteiger partial charge in [-0.3, -0.25) is 4.79 Å². The van der Waals surface area contributed by atoms with Crippen LogP contribution in [0.2, 0.25) is 0 Å². The molecule has 18 heavy (non-hydrogen) atoms. The predicted molar refractivity (Wildman–Crippen MR) is 67.1 cm³/mol. The minimum Gasteiger partial charge on any atom is -0.508 e. The molecule has 0 fully saturated rings. The number of phenolic OH excluding ortho intramolecular Hbond substituents is 1. The lowest BCUT2D eigenvalue weighted by Gasteiger charge is -2.10. The smallest absolute Gasteiger partial charge is 0.313 e. The normalized spacial score (nSPS) is 10.6. The third-order valence-corrected chi connectivity index (χ3v) is 2.43. The van der Waals surface area contributed by atoms with Crippen LogP contribution in [-0.2, 0) is 0 Å². The molecule has 0 spiro atoms. The van der Waals surface area contributed by atoms with E-state index in [1.54, 1.807) is 18.3 Å². The molecule has 5 heteroatoms. The predicted octanol–water partition coefficient (Wildman–Crippen LogP) is 2.32. The van der Waals surface area contributed by atoms with Crippen molar-refractivity contribution in [3.63, 3.8) is 0 Å². The molecule has 0 unspecified atom stereocenters. The number of hydrogen-bond donors (Lipinski definition) is 1. The molecule has 0 saturated carbocycles. The second kappa shape index (κ2) is 4.91. The highest BCUT2D eigenvalue weighted by molar-refractivity contribution is 5.33. The van der Waals surface area contributed by atoms with Crippen molar-refractivity contribution in [2.45, 2.75) is 19.9 Å². The lowest BCUT2D eigenvalue weighted by Crippen LogP contribution is -2.23. The van der Waals surface area contributed by atoms with Crippen molar-refractivity contribution in [2.24, 2.45) is 0 Å². The Hall–Kier alpha value is -2.30. The van der Waals surface area contributed by atoms with E-state index in [1.807, 2.05) is 13.8 Å². The minimum atomic E-state index is -0.296. The largest absolute Gasteiger partial charge is 0.508 e. The van der Waals surface area contributed by atoms with E-state index in [4.69, 9.17) is 4.74 Å². The summed E-state index contributed by atoms with van der Waals surface area (Å²) in [4.78, 5) is 15.9. The monoisotopic (exact) mass is 246 g/mol. The van der Waals surface area contributed by atoms with Crippen LogP contribution in [0.4, 0.5) is 0 Å². The van der Waals surface area contributed by atoms with E-state index in [1.165, 1.54) is 22.9 Å². The van der Waals surface area contributed by atoms with Crippen molar-refractivity contribution < 1.29 is 9.84 Å². The van der Waals surface area contributed by atoms with E-state index < -0.39 is 0 Å². The Bertz CT molecular complexity index is 605. The Kier molecular flexibility index (Phi) is 3.32. The molecule has 1 N–H and O–H groups in total. The molecule has 2 rings (SSSR count). The third-order valence-electron chi connectivity index (χ3n) is 2.43. The first-order chi connectivity index (χ1) is 8.58. The summed E-state index contributed by atoms with van der Waals surface area (Å²) in [6, 6.07) is 6.26. The van der Waals surface area contributed by atoms with Gasteiger partial charge in [-0.2, -0.15) is 0 Å². The van der Waals surface area contributed by atoms with Crippen molar-refractivity contribution in [2.75, 3.05) is 0 Å². The maximum absolute atomic E-state index is 12.0. The van der Waals surface area contributed by atoms with Gasteiger partial charge in [0.15, 0.2) is 0 Å². The van der Waals surface area contributed by atoms with E-state index in [2.05, 4.69) is 4.98 Å². The Morgan fingerprint density at radius 1 is 1.39 bits per heavy atom. The molecule has 0 amide bonds. The van der Waals surface area contributed by atoms with Crippen molar-refractivity contribution in [1.82, 2.24) is 9.55 Å². The summed E-state index contributed by atoms with van der Waals surface area (Å²) in [6.45, 7) is 3.80. The second-order valence-corrected chi connectivity index (χ2v) is 4.14. The third kappa shape index (κ3) is 2.51. The van der Waals surface area contributed by atoms with Crippen molar-refractivity contribution in [3.8, 4) is 17.4 Å². The number of nitrogens with zero attached hydrogens (tertiary/aromatic N) is 2. The van der Waals surface area contributed by atoms with Gasteiger partial charge >= 0.3 is 5.56 Å². The van der Waals surface area contributed by atoms with Gasteiger partial charge in [-0.15, -0.1) is 0 Å². The summed E-state index contributed by atoms with van der Waals surface area (Å²) < 4.78 is 6.91. The zero-order chi connectivity index (χ0) is 13.1. The van der Waals surface area contributed by atoms with Gasteiger partial charge in [-0.05, 0) is 26.0 Å². The number of phenols is 1. The van der Waals surface area contributed by atoms with E-state index in [-0.39, 0.29) is 23.2 Å². The van der Waals surface area contributed by atoms with Gasteiger partial charge in [0, 0.05) is 24.5 Å². The fraction of sp³-hybridized carbons (Fsp3) is 0.231. The minimum absolute atomic E-state index is 0.00296. The summed E-state index contributed by atoms with van der Waals surface area (Å²) >= 11 is 0. The van der Waals surface area contributed by atoms with Crippen molar-refractivity contribution in [3.05, 3.63) is 47.0 Å². The SMILES string of the molecule is CC(C)n1ccnc(Oc2cccc(O)c2)c1=O. The number of rotatable bonds is 3. The highest BCUT2D eigenvalue weighted by Crippen LogP contribution is 2.21. The van der Waals surface area contributed by atoms with Crippen LogP contribution in [0.3, 0.4) is 0 Å². The van der Waals surface area contributed by atoms with Crippen LogP contribution in [0.25, 0.3) is 0 Å². The van der Waals surface area contributed by atoms with Gasteiger partial charge in [0.1, 0.15) is 11.5 Å². The molecule has 1 aromatic heterocycles. The number of benzene rings is 1. The molecule has 0 saturated heterocycles. The van der Waals surface area contributed by atoms with Crippen molar-refractivity contribution >= 4 is 0 Å². The first-order valence-corrected chi connectivity index (χ1v) is 5.62. The lowest BCUT2D eigenvalue weighted by atomic mass is 10.3. The maximum Gasteiger partial charge on any atom is 0.313 e. The number of aromatic nitrogens is 2. The highest BCUT2D eigenvalue weighted by Gasteiger charge is 2.09. The fourth-order valence-electron chi connectivity index (χ4n) is 1.54. The van der Waals surface area contributed by atoms with Crippen LogP contribution in [0.5, 0.6) is 17.4 Å². The first kappa shape index (κ1) is 12.2. The molecule has 1 heterocycles. The van der Waals surface area contributed by atoms with E-state index >= 15 is 0 Å². The van der Waals surface area contributed by atoms with Gasteiger partial charge in [0.25, 0.3) is 5.88 Å². The summed E-state index contributed by atoms with van der Waals surface area (Å²) in [7, 11) is 0. The quantitative estimate of drug-likeness (QED) is 0.902. The van der Waals surface area contributed by atoms with E-state index in [0.29, 0.717) is 5.75 Å². The maximum atomic E-state index is 12.0. The molecule has 1 aromatic carbocycles. The van der Waals surface area contributed by atoms with E-state index in [9.17, 15) is 9.90 Å². The Morgan fingerprint density at radius 2 is 2.17 bits per heavy atom. The van der Waals surface area contributed by atoms with Crippen LogP contribution in [-0.4, -0.2) is 14.7 Å². The topological polar surface area (TPSA) is 64.3 Å². The zero-order valence-corrected chi connectivity index (χ0v) is 10.2. The van der Waals surface area contributed by atoms with Gasteiger partial charge < -0.3 is 14.4 Å². The van der Waals surface area contributed by atoms with E-state index in [0.717, 1.165) is 0 Å². The van der Waals surface area contributed by atoms with Crippen LogP contribution < -0.4 is 10.3 Å². The second-order valence-electron chi connectivity index (χ2n) is 4.14. The number of ether oxygens (including phenoxy) is 1. The summed E-state index contributed by atoms with van der Waals surface area (Å²) in [5.41, 5.74) is -0.296. The van der Waals surface area contributed by atoms with Gasteiger partial charge in [-0.25, -0.2) is 4.98 Å². The molecule has 0 aliphatic heterocycles. The summed E-state index contributed by atoms with van der Waals surface area (Å²) in [5.74, 6) is 0.450. The lowest BCUT2D eigenvalue weighted by molar-refractivity contribution is 0.428. The molecular weight excluding hydrogens is 232 g/mol. The molecule has 2 aromatic rings. The molecule has 0 aliphatic carbocycles. The van der Waals surface area contributed by atoms with Gasteiger partial charge in [0.2, 0.25) is 0 Å². The summed E-state index contributed by atoms with van der Waals surface area (Å²) in [6.07, 6.45) is 3.13. The van der Waals surface area contributed by atoms with Gasteiger partial charge in [0.05, 0.1) is 0 Å². The van der Waals surface area contributed by atoms with Gasteiger partial charge in [-0.1, -0.05) is 6.07 Å². The fourth-order valence-corrected chi connectivity index (χ4v) is 1.54. The standard InChI is InChI=1S/C13H14N2O3/c1-9(2)15-7-6-14-12(13(15)17)18-11-5-3-4-10(16)8-11/h3-9,16H,1-2H3. The Morgan fingerprint density at radius 3 is 2.83 bits per heavy atom. The molecule has 0 aliphatic rings. The number of aromatic hydroxyl groups is 1. The van der Waals surface area contributed by atoms with Crippen LogP contribution in [0, 0.1) is 0 Å². The number of hydrogen-bond acceptors (Lipinski definition) is 4. The zero-order valence-electron chi connectivity index (χ0n) is 10.2. The summed E-state index contributed by atoms with van der Waals surface area (Å²) in [5, 5.41) is 9.32. The average Bonchev–Trinajstić information content (AvgIpc) is 2.31. The first-order valence-electron chi connectivity index (χ1n) is 5.62. The highest BCUT2D eigenvalue weighted by atomic mass is 16.5. The molecule has 5 nitrogen and oxygen atoms in total. The van der Waals surface area contributed by atoms with Crippen molar-refractivity contribution in [1.29, 1.82) is 0 Å². The Balaban J connectivity index is 2.36. The molecule has 0 bridgehead atoms. The molecular formula is C13H14N2O3. The molecule has 94 valence electrons. The van der Waals surface area contributed by atoms with Crippen LogP contribution >= 0.6 is 0 Å². The molecule has 0 atom stereocenters. The average molecular weight is 246 g/mol. The Labute approximate surface area is 104 Å². The molecule has 0 radical (unpaired) electrons. The van der Waals surface area contributed by atoms with Crippen LogP contribution in [0.1, 0.15) is 19.9 Å².